The first kappa shape index (κ1) is 47.6. The summed E-state index contributed by atoms with van der Waals surface area (Å²) < 4.78 is 23.8. The fourth-order valence-corrected chi connectivity index (χ4v) is 9.77. The molecule has 4 aliphatic heterocycles. The number of carbonyl (C=O) groups excluding carboxylic acids is 3. The van der Waals surface area contributed by atoms with Crippen molar-refractivity contribution < 1.29 is 58.9 Å². The van der Waals surface area contributed by atoms with E-state index in [0.29, 0.717) is 32.0 Å². The number of fused-ring (bicyclic) bond motifs is 15. The lowest BCUT2D eigenvalue weighted by molar-refractivity contribution is -0.160. The lowest BCUT2D eigenvalue weighted by Crippen LogP contribution is -2.47. The standard InChI is InChI=1S/C47H66N4O12/c1-24-13-12-14-25(2)46(59)49-37-32(23-48-51-20-18-50(19-21-51)31-15-10-11-16-31)41(56)34-35(42(37)57)40(55)29(6)44-36(34)45(58)47(8,63-44)61-22-17-33(60-9)26(3)43(62-30(7)52)28(5)39(54)27(4)38(24)53/h14,17,22-24,26-28,31,33,38-39,43,53-57H,10-13,15-16,18-21H2,1-9H3,(H,49,59)/b22-17+,25-14-,48-23+/t24-,26-,27+,28+,33-,38?,39+,43+,47-/m0/s1. The SMILES string of the molecule is CO[C@H]1/C=C/O[C@@]2(C)Oc3c(C)c(O)c4c(O)c(c(/C=N/N5CCN(C6CCCC6)CC5)c(O)c4c3C2=O)NC(=O)/C(C)=C\CC[C@H](C)C(O)[C@@H](C)[C@@H](O)[C@@H](C)[C@H](OC(C)=O)[C@H]1C. The minimum absolute atomic E-state index is 0.0722. The number of hydrogen-bond donors (Lipinski definition) is 6. The number of ketones is 1. The van der Waals surface area contributed by atoms with Gasteiger partial charge in [-0.1, -0.05) is 46.6 Å². The van der Waals surface area contributed by atoms with Crippen LogP contribution in [0.5, 0.6) is 23.0 Å². The van der Waals surface area contributed by atoms with Crippen molar-refractivity contribution in [2.24, 2.45) is 28.8 Å². The molecule has 16 nitrogen and oxygen atoms in total. The number of aliphatic hydroxyl groups is 2. The molecular weight excluding hydrogens is 813 g/mol. The maximum atomic E-state index is 14.5. The molecule has 2 fully saturated rings. The largest absolute Gasteiger partial charge is 0.507 e. The van der Waals surface area contributed by atoms with Crippen LogP contribution in [-0.2, 0) is 23.8 Å². The van der Waals surface area contributed by atoms with Gasteiger partial charge in [-0.2, -0.15) is 5.10 Å². The minimum Gasteiger partial charge on any atom is -0.507 e. The van der Waals surface area contributed by atoms with Crippen LogP contribution in [0.3, 0.4) is 0 Å². The Labute approximate surface area is 369 Å². The minimum atomic E-state index is -2.04. The van der Waals surface area contributed by atoms with E-state index in [0.717, 1.165) is 13.1 Å². The Kier molecular flexibility index (Phi) is 14.7. The van der Waals surface area contributed by atoms with Crippen LogP contribution in [0.2, 0.25) is 0 Å². The van der Waals surface area contributed by atoms with E-state index in [1.54, 1.807) is 33.8 Å². The Hall–Kier alpha value is -4.90. The highest BCUT2D eigenvalue weighted by Crippen LogP contribution is 2.55. The van der Waals surface area contributed by atoms with Gasteiger partial charge in [0.1, 0.15) is 23.4 Å². The maximum absolute atomic E-state index is 14.5. The molecule has 6 N–H and O–H groups in total. The average molecular weight is 879 g/mol. The van der Waals surface area contributed by atoms with Gasteiger partial charge in [0.2, 0.25) is 0 Å². The van der Waals surface area contributed by atoms with E-state index < -0.39 is 82.9 Å². The number of aromatic hydroxyl groups is 3. The molecule has 1 saturated heterocycles. The second-order valence-electron chi connectivity index (χ2n) is 18.1. The quantitative estimate of drug-likeness (QED) is 0.0896. The van der Waals surface area contributed by atoms with Gasteiger partial charge < -0.3 is 49.8 Å². The Bertz CT molecular complexity index is 2140. The number of nitrogens with one attached hydrogen (secondary N) is 1. The summed E-state index contributed by atoms with van der Waals surface area (Å²) in [5, 5.41) is 67.7. The number of phenols is 3. The summed E-state index contributed by atoms with van der Waals surface area (Å²) in [7, 11) is 1.45. The molecule has 9 atom stereocenters. The highest BCUT2D eigenvalue weighted by molar-refractivity contribution is 6.23. The third kappa shape index (κ3) is 9.50. The van der Waals surface area contributed by atoms with Crippen molar-refractivity contribution in [3.05, 3.63) is 40.7 Å². The second-order valence-corrected chi connectivity index (χ2v) is 18.1. The van der Waals surface area contributed by atoms with Crippen LogP contribution in [0.15, 0.2) is 29.1 Å². The first-order chi connectivity index (χ1) is 29.8. The molecule has 1 unspecified atom stereocenters. The normalized spacial score (nSPS) is 32.1. The van der Waals surface area contributed by atoms with Crippen LogP contribution < -0.4 is 10.1 Å². The maximum Gasteiger partial charge on any atom is 0.312 e. The lowest BCUT2D eigenvalue weighted by Gasteiger charge is -2.38. The number of phenolic OH excluding ortho intramolecular Hbond substituents is 3. The van der Waals surface area contributed by atoms with Crippen molar-refractivity contribution in [1.29, 1.82) is 0 Å². The Balaban J connectivity index is 1.45. The van der Waals surface area contributed by atoms with E-state index in [4.69, 9.17) is 24.0 Å². The number of hydrogen-bond acceptors (Lipinski definition) is 15. The van der Waals surface area contributed by atoms with Gasteiger partial charge in [0.05, 0.1) is 53.0 Å². The molecule has 346 valence electrons. The fourth-order valence-electron chi connectivity index (χ4n) is 9.77. The highest BCUT2D eigenvalue weighted by Gasteiger charge is 2.50. The number of Topliss-reactive ketones (excluding diaryl/α,β-unsaturated/α-hetero) is 1. The lowest BCUT2D eigenvalue weighted by atomic mass is 9.78. The van der Waals surface area contributed by atoms with Crippen LogP contribution in [0.1, 0.15) is 108 Å². The number of esters is 1. The number of ether oxygens (including phenoxy) is 4. The molecule has 1 amide bonds. The van der Waals surface area contributed by atoms with Gasteiger partial charge in [0, 0.05) is 87.5 Å². The number of hydrazone groups is 1. The van der Waals surface area contributed by atoms with Gasteiger partial charge in [-0.25, -0.2) is 0 Å². The average Bonchev–Trinajstić information content (AvgIpc) is 3.89. The topological polar surface area (TPSA) is 220 Å². The van der Waals surface area contributed by atoms with Crippen molar-refractivity contribution in [3.8, 4) is 23.0 Å². The van der Waals surface area contributed by atoms with Gasteiger partial charge in [-0.3, -0.25) is 24.3 Å². The van der Waals surface area contributed by atoms with Gasteiger partial charge in [0.15, 0.2) is 5.75 Å². The van der Waals surface area contributed by atoms with Crippen LogP contribution in [0, 0.1) is 30.6 Å². The highest BCUT2D eigenvalue weighted by atomic mass is 16.7. The molecular formula is C47H66N4O12. The fraction of sp³-hybridized carbons (Fsp3) is 0.617. The third-order valence-electron chi connectivity index (χ3n) is 13.9. The summed E-state index contributed by atoms with van der Waals surface area (Å²) in [6, 6.07) is 0.558. The van der Waals surface area contributed by atoms with E-state index in [1.807, 2.05) is 11.9 Å². The molecule has 5 bridgehead atoms. The molecule has 1 saturated carbocycles. The zero-order valence-electron chi connectivity index (χ0n) is 38.0. The summed E-state index contributed by atoms with van der Waals surface area (Å²) in [6.07, 6.45) is 7.67. The predicted molar refractivity (Wildman–Crippen MR) is 237 cm³/mol. The number of nitrogens with zero attached hydrogens (tertiary/aromatic N) is 3. The molecule has 0 spiro atoms. The molecule has 0 radical (unpaired) electrons. The Morgan fingerprint density at radius 1 is 0.921 bits per heavy atom. The summed E-state index contributed by atoms with van der Waals surface area (Å²) in [4.78, 5) is 43.3. The number of methoxy groups -OCH3 is 1. The van der Waals surface area contributed by atoms with Crippen molar-refractivity contribution in [1.82, 2.24) is 9.91 Å². The molecule has 16 heteroatoms. The Morgan fingerprint density at radius 2 is 1.59 bits per heavy atom. The van der Waals surface area contributed by atoms with Gasteiger partial charge in [0.25, 0.3) is 11.7 Å². The summed E-state index contributed by atoms with van der Waals surface area (Å²) >= 11 is 0. The van der Waals surface area contributed by atoms with Gasteiger partial charge in [-0.05, 0) is 51.5 Å². The summed E-state index contributed by atoms with van der Waals surface area (Å²) in [5.41, 5.74) is -0.145. The number of benzene rings is 2. The molecule has 0 aromatic heterocycles. The van der Waals surface area contributed by atoms with Crippen LogP contribution in [0.4, 0.5) is 5.69 Å². The number of aliphatic hydroxyl groups excluding tert-OH is 2. The second kappa shape index (κ2) is 19.5. The smallest absolute Gasteiger partial charge is 0.312 e. The summed E-state index contributed by atoms with van der Waals surface area (Å²) in [6.45, 7) is 15.6. The van der Waals surface area contributed by atoms with Gasteiger partial charge >= 0.3 is 11.8 Å². The molecule has 1 aliphatic carbocycles. The Morgan fingerprint density at radius 3 is 2.22 bits per heavy atom. The molecule has 63 heavy (non-hydrogen) atoms. The van der Waals surface area contributed by atoms with Gasteiger partial charge in [-0.15, -0.1) is 0 Å². The number of rotatable bonds is 5. The third-order valence-corrected chi connectivity index (χ3v) is 13.9. The number of allylic oxidation sites excluding steroid dienone is 1. The zero-order chi connectivity index (χ0) is 46.1. The first-order valence-electron chi connectivity index (χ1n) is 22.2. The van der Waals surface area contributed by atoms with E-state index in [2.05, 4.69) is 10.2 Å². The van der Waals surface area contributed by atoms with Crippen molar-refractivity contribution in [2.45, 2.75) is 130 Å². The van der Waals surface area contributed by atoms with Crippen LogP contribution >= 0.6 is 0 Å². The predicted octanol–water partition coefficient (Wildman–Crippen LogP) is 5.87. The number of amides is 1. The molecule has 7 rings (SSSR count). The van der Waals surface area contributed by atoms with E-state index in [1.165, 1.54) is 72.1 Å². The zero-order valence-corrected chi connectivity index (χ0v) is 38.0. The summed E-state index contributed by atoms with van der Waals surface area (Å²) in [5.74, 6) is -7.88. The number of piperazine rings is 1. The van der Waals surface area contributed by atoms with Crippen molar-refractivity contribution in [2.75, 3.05) is 38.6 Å². The van der Waals surface area contributed by atoms with Crippen molar-refractivity contribution >= 4 is 40.3 Å². The van der Waals surface area contributed by atoms with Crippen LogP contribution in [-0.4, -0.2) is 129 Å². The molecule has 2 aromatic carbocycles. The molecule has 2 aromatic rings. The van der Waals surface area contributed by atoms with E-state index in [-0.39, 0.29) is 50.4 Å². The van der Waals surface area contributed by atoms with E-state index in [9.17, 15) is 39.9 Å². The number of anilines is 1. The monoisotopic (exact) mass is 878 g/mol. The molecule has 4 heterocycles. The van der Waals surface area contributed by atoms with Crippen molar-refractivity contribution in [3.63, 3.8) is 0 Å². The number of carbonyl (C=O) groups is 3. The van der Waals surface area contributed by atoms with Crippen LogP contribution in [0.25, 0.3) is 10.8 Å². The molecule has 5 aliphatic rings. The van der Waals surface area contributed by atoms with E-state index >= 15 is 0 Å². The first-order valence-corrected chi connectivity index (χ1v) is 22.2.